The van der Waals surface area contributed by atoms with Crippen LogP contribution in [0.1, 0.15) is 33.7 Å². The first-order valence-electron chi connectivity index (χ1n) is 9.89. The molecule has 1 aliphatic rings. The monoisotopic (exact) mass is 395 g/mol. The summed E-state index contributed by atoms with van der Waals surface area (Å²) in [6.45, 7) is 2.35. The molecule has 2 atom stereocenters. The molecule has 0 unspecified atom stereocenters. The number of nitrogens with one attached hydrogen (secondary N) is 3. The second kappa shape index (κ2) is 8.23. The fourth-order valence-electron chi connectivity index (χ4n) is 3.99. The second-order valence-electron chi connectivity index (χ2n) is 7.61. The van der Waals surface area contributed by atoms with E-state index in [0.29, 0.717) is 30.7 Å². The molecule has 1 aliphatic heterocycles. The molecule has 0 saturated carbocycles. The highest BCUT2D eigenvalue weighted by molar-refractivity contribution is 5.95. The number of hydrogen-bond donors (Lipinski definition) is 4. The van der Waals surface area contributed by atoms with Gasteiger partial charge in [0.15, 0.2) is 0 Å². The molecule has 1 fully saturated rings. The summed E-state index contributed by atoms with van der Waals surface area (Å²) >= 11 is 0. The molecule has 1 amide bonds. The van der Waals surface area contributed by atoms with E-state index in [1.54, 1.807) is 13.0 Å². The van der Waals surface area contributed by atoms with Gasteiger partial charge in [-0.05, 0) is 43.0 Å². The number of aryl methyl sites for hydroxylation is 3. The van der Waals surface area contributed by atoms with E-state index in [4.69, 9.17) is 4.42 Å². The van der Waals surface area contributed by atoms with Crippen LogP contribution in [0.25, 0.3) is 10.9 Å². The molecule has 4 N–H and O–H groups in total. The predicted molar refractivity (Wildman–Crippen MR) is 110 cm³/mol. The lowest BCUT2D eigenvalue weighted by Gasteiger charge is -2.13. The molecule has 29 heavy (non-hydrogen) atoms. The summed E-state index contributed by atoms with van der Waals surface area (Å²) in [5.74, 6) is 0.141. The van der Waals surface area contributed by atoms with E-state index >= 15 is 0 Å². The molecule has 0 radical (unpaired) electrons. The number of aromatic amines is 1. The number of hydrogen-bond acceptors (Lipinski definition) is 5. The summed E-state index contributed by atoms with van der Waals surface area (Å²) in [5, 5.41) is 16.3. The fourth-order valence-corrected chi connectivity index (χ4v) is 3.99. The van der Waals surface area contributed by atoms with Crippen molar-refractivity contribution in [1.82, 2.24) is 15.6 Å². The first-order chi connectivity index (χ1) is 14.0. The molecule has 1 saturated heterocycles. The van der Waals surface area contributed by atoms with Crippen molar-refractivity contribution in [2.75, 3.05) is 13.2 Å². The van der Waals surface area contributed by atoms with Gasteiger partial charge >= 0.3 is 5.63 Å². The Morgan fingerprint density at radius 1 is 1.31 bits per heavy atom. The standard InChI is InChI=1S/C22H25N3O4/c1-13-8-17(7-6-14-10-24-19-5-3-2-4-18(14)19)29-22(28)20(13)21(27)25-15-9-16(12-26)23-11-15/h2-5,8,10,15-16,23-24,26H,6-7,9,11-12H2,1H3,(H,25,27)/t15-,16+/m0/s1. The van der Waals surface area contributed by atoms with E-state index in [0.717, 1.165) is 22.9 Å². The zero-order valence-corrected chi connectivity index (χ0v) is 16.3. The van der Waals surface area contributed by atoms with Gasteiger partial charge in [-0.2, -0.15) is 0 Å². The third kappa shape index (κ3) is 4.11. The lowest BCUT2D eigenvalue weighted by atomic mass is 10.0. The molecule has 0 aliphatic carbocycles. The van der Waals surface area contributed by atoms with Gasteiger partial charge in [0, 0.05) is 42.1 Å². The Kier molecular flexibility index (Phi) is 5.51. The average molecular weight is 395 g/mol. The van der Waals surface area contributed by atoms with Gasteiger partial charge in [-0.1, -0.05) is 18.2 Å². The number of aliphatic hydroxyl groups is 1. The number of fused-ring (bicyclic) bond motifs is 1. The molecule has 0 spiro atoms. The summed E-state index contributed by atoms with van der Waals surface area (Å²) in [4.78, 5) is 28.3. The molecule has 1 aromatic carbocycles. The number of amides is 1. The number of aliphatic hydroxyl groups excluding tert-OH is 1. The van der Waals surface area contributed by atoms with Crippen LogP contribution in [0, 0.1) is 6.92 Å². The van der Waals surface area contributed by atoms with Crippen molar-refractivity contribution in [3.05, 3.63) is 69.4 Å². The van der Waals surface area contributed by atoms with Gasteiger partial charge in [0.2, 0.25) is 0 Å². The van der Waals surface area contributed by atoms with Crippen LogP contribution in [-0.4, -0.2) is 41.2 Å². The van der Waals surface area contributed by atoms with Crippen LogP contribution in [0.5, 0.6) is 0 Å². The highest BCUT2D eigenvalue weighted by atomic mass is 16.4. The van der Waals surface area contributed by atoms with E-state index in [9.17, 15) is 14.7 Å². The minimum atomic E-state index is -0.610. The Labute approximate surface area is 168 Å². The molecular formula is C22H25N3O4. The molecule has 152 valence electrons. The van der Waals surface area contributed by atoms with Crippen LogP contribution in [0.3, 0.4) is 0 Å². The lowest BCUT2D eigenvalue weighted by molar-refractivity contribution is 0.0934. The number of aromatic nitrogens is 1. The quantitative estimate of drug-likeness (QED) is 0.508. The molecule has 3 heterocycles. The zero-order chi connectivity index (χ0) is 20.4. The summed E-state index contributed by atoms with van der Waals surface area (Å²) < 4.78 is 5.45. The van der Waals surface area contributed by atoms with Crippen molar-refractivity contribution in [1.29, 1.82) is 0 Å². The van der Waals surface area contributed by atoms with Crippen LogP contribution in [0.15, 0.2) is 45.7 Å². The van der Waals surface area contributed by atoms with E-state index in [2.05, 4.69) is 21.7 Å². The molecule has 4 rings (SSSR count). The van der Waals surface area contributed by atoms with Gasteiger partial charge < -0.3 is 25.1 Å². The second-order valence-corrected chi connectivity index (χ2v) is 7.61. The summed E-state index contributed by atoms with van der Waals surface area (Å²) in [5.41, 5.74) is 2.29. The maximum Gasteiger partial charge on any atom is 0.349 e. The van der Waals surface area contributed by atoms with Crippen molar-refractivity contribution in [3.8, 4) is 0 Å². The smallest absolute Gasteiger partial charge is 0.349 e. The first kappa shape index (κ1) is 19.4. The SMILES string of the molecule is Cc1cc(CCc2c[nH]c3ccccc23)oc(=O)c1C(=O)N[C@@H]1CN[C@@H](CO)C1. The predicted octanol–water partition coefficient (Wildman–Crippen LogP) is 1.67. The Bertz CT molecular complexity index is 1090. The third-order valence-corrected chi connectivity index (χ3v) is 5.52. The van der Waals surface area contributed by atoms with E-state index in [-0.39, 0.29) is 24.3 Å². The maximum absolute atomic E-state index is 12.6. The minimum Gasteiger partial charge on any atom is -0.427 e. The van der Waals surface area contributed by atoms with E-state index in [1.807, 2.05) is 24.4 Å². The fraction of sp³-hybridized carbons (Fsp3) is 0.364. The van der Waals surface area contributed by atoms with Gasteiger partial charge in [0.05, 0.1) is 6.61 Å². The normalized spacial score (nSPS) is 19.0. The van der Waals surface area contributed by atoms with E-state index < -0.39 is 11.5 Å². The number of para-hydroxylation sites is 1. The van der Waals surface area contributed by atoms with E-state index in [1.165, 1.54) is 0 Å². The largest absolute Gasteiger partial charge is 0.427 e. The average Bonchev–Trinajstić information content (AvgIpc) is 3.32. The minimum absolute atomic E-state index is 0.0234. The highest BCUT2D eigenvalue weighted by Crippen LogP contribution is 2.20. The number of H-pyrrole nitrogens is 1. The molecule has 0 bridgehead atoms. The van der Waals surface area contributed by atoms with Crippen molar-refractivity contribution in [2.24, 2.45) is 0 Å². The summed E-state index contributed by atoms with van der Waals surface area (Å²) in [7, 11) is 0. The molecule has 7 heteroatoms. The van der Waals surface area contributed by atoms with Gasteiger partial charge in [-0.15, -0.1) is 0 Å². The topological polar surface area (TPSA) is 107 Å². The van der Waals surface area contributed by atoms with Crippen molar-refractivity contribution < 1.29 is 14.3 Å². The third-order valence-electron chi connectivity index (χ3n) is 5.52. The Hall–Kier alpha value is -2.90. The Morgan fingerprint density at radius 3 is 2.90 bits per heavy atom. The lowest BCUT2D eigenvalue weighted by Crippen LogP contribution is -2.38. The molecule has 2 aromatic heterocycles. The number of rotatable bonds is 6. The van der Waals surface area contributed by atoms with Gasteiger partial charge in [0.1, 0.15) is 11.3 Å². The van der Waals surface area contributed by atoms with Crippen LogP contribution in [-0.2, 0) is 12.8 Å². The van der Waals surface area contributed by atoms with Crippen LogP contribution >= 0.6 is 0 Å². The zero-order valence-electron chi connectivity index (χ0n) is 16.3. The summed E-state index contributed by atoms with van der Waals surface area (Å²) in [6, 6.07) is 9.72. The van der Waals surface area contributed by atoms with Gasteiger partial charge in [-0.3, -0.25) is 4.79 Å². The Balaban J connectivity index is 1.45. The van der Waals surface area contributed by atoms with Gasteiger partial charge in [0.25, 0.3) is 5.91 Å². The number of carbonyl (C=O) groups is 1. The van der Waals surface area contributed by atoms with Gasteiger partial charge in [-0.25, -0.2) is 4.79 Å². The number of benzene rings is 1. The maximum atomic E-state index is 12.6. The van der Waals surface area contributed by atoms with Crippen molar-refractivity contribution in [2.45, 2.75) is 38.3 Å². The van der Waals surface area contributed by atoms with Crippen molar-refractivity contribution >= 4 is 16.8 Å². The van der Waals surface area contributed by atoms with Crippen molar-refractivity contribution in [3.63, 3.8) is 0 Å². The first-order valence-corrected chi connectivity index (χ1v) is 9.89. The molecule has 7 nitrogen and oxygen atoms in total. The summed E-state index contributed by atoms with van der Waals surface area (Å²) in [6.07, 6.45) is 3.92. The highest BCUT2D eigenvalue weighted by Gasteiger charge is 2.26. The van der Waals surface area contributed by atoms with Crippen LogP contribution < -0.4 is 16.3 Å². The van der Waals surface area contributed by atoms with Crippen LogP contribution in [0.4, 0.5) is 0 Å². The number of carbonyl (C=O) groups excluding carboxylic acids is 1. The van der Waals surface area contributed by atoms with Crippen LogP contribution in [0.2, 0.25) is 0 Å². The molecule has 3 aromatic rings. The molecular weight excluding hydrogens is 370 g/mol. The Morgan fingerprint density at radius 2 is 2.14 bits per heavy atom.